The van der Waals surface area contributed by atoms with E-state index < -0.39 is 6.10 Å². The Balaban J connectivity index is 2.62. The van der Waals surface area contributed by atoms with Crippen LogP contribution in [0.5, 0.6) is 5.75 Å². The Morgan fingerprint density at radius 2 is 1.83 bits per heavy atom. The van der Waals surface area contributed by atoms with Crippen LogP contribution in [0.4, 0.5) is 5.69 Å². The third-order valence-corrected chi connectivity index (χ3v) is 2.88. The predicted molar refractivity (Wildman–Crippen MR) is 74.0 cm³/mol. The number of benzene rings is 1. The second-order valence-corrected chi connectivity index (χ2v) is 4.04. The molecule has 100 valence electrons. The molecule has 1 unspecified atom stereocenters. The van der Waals surface area contributed by atoms with Gasteiger partial charge < -0.3 is 15.0 Å². The number of ether oxygens (including phenoxy) is 1. The molecule has 0 saturated heterocycles. The van der Waals surface area contributed by atoms with Crippen molar-refractivity contribution < 1.29 is 9.53 Å². The second-order valence-electron chi connectivity index (χ2n) is 4.04. The molecule has 0 aromatic heterocycles. The number of rotatable bonds is 6. The van der Waals surface area contributed by atoms with Crippen molar-refractivity contribution in [1.82, 2.24) is 4.90 Å². The number of carbonyl (C=O) groups is 1. The van der Waals surface area contributed by atoms with Gasteiger partial charge in [0.15, 0.2) is 6.10 Å². The summed E-state index contributed by atoms with van der Waals surface area (Å²) in [5.41, 5.74) is 1.02. The van der Waals surface area contributed by atoms with Crippen LogP contribution in [-0.2, 0) is 4.79 Å². The third-order valence-electron chi connectivity index (χ3n) is 2.88. The first-order valence-corrected chi connectivity index (χ1v) is 6.35. The van der Waals surface area contributed by atoms with Gasteiger partial charge in [-0.25, -0.2) is 0 Å². The number of carbonyl (C=O) groups excluding carboxylic acids is 1. The van der Waals surface area contributed by atoms with E-state index in [9.17, 15) is 4.79 Å². The Hall–Kier alpha value is -1.71. The fraction of sp³-hybridized carbons (Fsp3) is 0.500. The Kier molecular flexibility index (Phi) is 5.49. The van der Waals surface area contributed by atoms with Gasteiger partial charge in [-0.15, -0.1) is 0 Å². The van der Waals surface area contributed by atoms with Crippen molar-refractivity contribution in [2.75, 3.05) is 25.5 Å². The van der Waals surface area contributed by atoms with Crippen LogP contribution in [0.25, 0.3) is 0 Å². The molecule has 1 rings (SSSR count). The predicted octanol–water partition coefficient (Wildman–Crippen LogP) is 2.36. The van der Waals surface area contributed by atoms with Crippen molar-refractivity contribution in [3.63, 3.8) is 0 Å². The minimum Gasteiger partial charge on any atom is -0.481 e. The van der Waals surface area contributed by atoms with Gasteiger partial charge in [0.1, 0.15) is 5.75 Å². The molecule has 1 amide bonds. The summed E-state index contributed by atoms with van der Waals surface area (Å²) >= 11 is 0. The largest absolute Gasteiger partial charge is 0.481 e. The monoisotopic (exact) mass is 250 g/mol. The average Bonchev–Trinajstić information content (AvgIpc) is 2.40. The molecule has 0 aliphatic carbocycles. The van der Waals surface area contributed by atoms with Gasteiger partial charge >= 0.3 is 0 Å². The molecule has 1 atom stereocenters. The first-order valence-electron chi connectivity index (χ1n) is 6.35. The molecule has 1 N–H and O–H groups in total. The molecule has 1 aromatic rings. The lowest BCUT2D eigenvalue weighted by Crippen LogP contribution is -2.40. The van der Waals surface area contributed by atoms with Gasteiger partial charge in [0.05, 0.1) is 0 Å². The minimum atomic E-state index is -0.453. The molecule has 0 aliphatic heterocycles. The first kappa shape index (κ1) is 14.4. The van der Waals surface area contributed by atoms with Crippen LogP contribution in [0.3, 0.4) is 0 Å². The van der Waals surface area contributed by atoms with Crippen LogP contribution < -0.4 is 10.1 Å². The molecule has 0 bridgehead atoms. The summed E-state index contributed by atoms with van der Waals surface area (Å²) in [6.07, 6.45) is -0.453. The normalized spacial score (nSPS) is 11.8. The second kappa shape index (κ2) is 6.89. The van der Waals surface area contributed by atoms with E-state index in [4.69, 9.17) is 4.74 Å². The Morgan fingerprint density at radius 3 is 2.28 bits per heavy atom. The summed E-state index contributed by atoms with van der Waals surface area (Å²) in [5, 5.41) is 3.04. The van der Waals surface area contributed by atoms with E-state index in [-0.39, 0.29) is 5.91 Å². The van der Waals surface area contributed by atoms with Gasteiger partial charge in [0.25, 0.3) is 5.91 Å². The smallest absolute Gasteiger partial charge is 0.263 e. The lowest BCUT2D eigenvalue weighted by atomic mass is 10.3. The third kappa shape index (κ3) is 3.65. The molecular formula is C14H22N2O2. The SMILES string of the molecule is CCN(CC)C(=O)C(C)Oc1ccc(NC)cc1. The van der Waals surface area contributed by atoms with Crippen molar-refractivity contribution in [3.05, 3.63) is 24.3 Å². The molecule has 4 heteroatoms. The molecule has 0 saturated carbocycles. The number of nitrogens with zero attached hydrogens (tertiary/aromatic N) is 1. The summed E-state index contributed by atoms with van der Waals surface area (Å²) in [5.74, 6) is 0.736. The van der Waals surface area contributed by atoms with Gasteiger partial charge in [-0.05, 0) is 45.0 Å². The molecule has 0 radical (unpaired) electrons. The topological polar surface area (TPSA) is 41.6 Å². The summed E-state index contributed by atoms with van der Waals surface area (Å²) in [7, 11) is 1.86. The van der Waals surface area contributed by atoms with Crippen LogP contribution in [-0.4, -0.2) is 37.0 Å². The Morgan fingerprint density at radius 1 is 1.28 bits per heavy atom. The van der Waals surface area contributed by atoms with E-state index in [1.54, 1.807) is 11.8 Å². The zero-order chi connectivity index (χ0) is 13.5. The molecule has 4 nitrogen and oxygen atoms in total. The number of hydrogen-bond donors (Lipinski definition) is 1. The van der Waals surface area contributed by atoms with Crippen LogP contribution >= 0.6 is 0 Å². The highest BCUT2D eigenvalue weighted by Gasteiger charge is 2.19. The molecule has 0 fully saturated rings. The highest BCUT2D eigenvalue weighted by molar-refractivity contribution is 5.80. The highest BCUT2D eigenvalue weighted by Crippen LogP contribution is 2.17. The number of amides is 1. The maximum absolute atomic E-state index is 12.0. The Bertz CT molecular complexity index is 372. The van der Waals surface area contributed by atoms with Gasteiger partial charge in [0.2, 0.25) is 0 Å². The van der Waals surface area contributed by atoms with Crippen molar-refractivity contribution >= 4 is 11.6 Å². The molecule has 0 aliphatic rings. The quantitative estimate of drug-likeness (QED) is 0.842. The van der Waals surface area contributed by atoms with E-state index in [2.05, 4.69) is 5.32 Å². The van der Waals surface area contributed by atoms with Crippen LogP contribution in [0.2, 0.25) is 0 Å². The van der Waals surface area contributed by atoms with E-state index in [0.717, 1.165) is 5.69 Å². The molecule has 1 aromatic carbocycles. The zero-order valence-electron chi connectivity index (χ0n) is 11.6. The lowest BCUT2D eigenvalue weighted by molar-refractivity contribution is -0.137. The van der Waals surface area contributed by atoms with E-state index >= 15 is 0 Å². The molecular weight excluding hydrogens is 228 g/mol. The fourth-order valence-corrected chi connectivity index (χ4v) is 1.75. The zero-order valence-corrected chi connectivity index (χ0v) is 11.6. The summed E-state index contributed by atoms with van der Waals surface area (Å²) in [4.78, 5) is 13.8. The number of hydrogen-bond acceptors (Lipinski definition) is 3. The maximum atomic E-state index is 12.0. The average molecular weight is 250 g/mol. The van der Waals surface area contributed by atoms with Gasteiger partial charge in [0, 0.05) is 25.8 Å². The first-order chi connectivity index (χ1) is 8.62. The number of anilines is 1. The summed E-state index contributed by atoms with van der Waals surface area (Å²) < 4.78 is 5.64. The molecule has 18 heavy (non-hydrogen) atoms. The van der Waals surface area contributed by atoms with Crippen LogP contribution in [0, 0.1) is 0 Å². The minimum absolute atomic E-state index is 0.0256. The lowest BCUT2D eigenvalue weighted by Gasteiger charge is -2.23. The van der Waals surface area contributed by atoms with Crippen molar-refractivity contribution in [1.29, 1.82) is 0 Å². The Labute approximate surface area is 109 Å². The highest BCUT2D eigenvalue weighted by atomic mass is 16.5. The van der Waals surface area contributed by atoms with Gasteiger partial charge in [-0.1, -0.05) is 0 Å². The summed E-state index contributed by atoms with van der Waals surface area (Å²) in [6.45, 7) is 7.14. The number of nitrogens with one attached hydrogen (secondary N) is 1. The van der Waals surface area contributed by atoms with E-state index in [0.29, 0.717) is 18.8 Å². The standard InChI is InChI=1S/C14H22N2O2/c1-5-16(6-2)14(17)11(3)18-13-9-7-12(15-4)8-10-13/h7-11,15H,5-6H2,1-4H3. The van der Waals surface area contributed by atoms with E-state index in [1.165, 1.54) is 0 Å². The molecule has 0 heterocycles. The van der Waals surface area contributed by atoms with Crippen molar-refractivity contribution in [3.8, 4) is 5.75 Å². The van der Waals surface area contributed by atoms with E-state index in [1.807, 2.05) is 45.2 Å². The van der Waals surface area contributed by atoms with Crippen LogP contribution in [0.15, 0.2) is 24.3 Å². The summed E-state index contributed by atoms with van der Waals surface area (Å²) in [6, 6.07) is 7.56. The number of likely N-dealkylation sites (N-methyl/N-ethyl adjacent to an activating group) is 1. The maximum Gasteiger partial charge on any atom is 0.263 e. The van der Waals surface area contributed by atoms with Crippen LogP contribution in [0.1, 0.15) is 20.8 Å². The van der Waals surface area contributed by atoms with Crippen molar-refractivity contribution in [2.45, 2.75) is 26.9 Å². The fourth-order valence-electron chi connectivity index (χ4n) is 1.75. The molecule has 0 spiro atoms. The van der Waals surface area contributed by atoms with Gasteiger partial charge in [-0.3, -0.25) is 4.79 Å². The van der Waals surface area contributed by atoms with Gasteiger partial charge in [-0.2, -0.15) is 0 Å². The van der Waals surface area contributed by atoms with Crippen molar-refractivity contribution in [2.24, 2.45) is 0 Å².